The van der Waals surface area contributed by atoms with Gasteiger partial charge in [-0.25, -0.2) is 4.98 Å². The Morgan fingerprint density at radius 2 is 2.17 bits per heavy atom. The number of fused-ring (bicyclic) bond motifs is 1. The molecule has 7 nitrogen and oxygen atoms in total. The normalized spacial score (nSPS) is 10.9. The summed E-state index contributed by atoms with van der Waals surface area (Å²) in [4.78, 5) is 28.7. The maximum atomic E-state index is 12.5. The molecule has 3 aromatic rings. The molecule has 0 spiro atoms. The van der Waals surface area contributed by atoms with Crippen LogP contribution in [0.4, 0.5) is 0 Å². The smallest absolute Gasteiger partial charge is 0.275 e. The van der Waals surface area contributed by atoms with E-state index < -0.39 is 5.91 Å². The number of carbonyl (C=O) groups excluding carboxylic acids is 1. The Hall–Kier alpha value is -2.96. The maximum absolute atomic E-state index is 12.5. The minimum Gasteiger partial charge on any atom is -0.349 e. The number of benzene rings is 1. The van der Waals surface area contributed by atoms with Crippen LogP contribution in [0, 0.1) is 6.92 Å². The summed E-state index contributed by atoms with van der Waals surface area (Å²) >= 11 is 0. The van der Waals surface area contributed by atoms with E-state index >= 15 is 0 Å². The summed E-state index contributed by atoms with van der Waals surface area (Å²) < 4.78 is 3.40. The summed E-state index contributed by atoms with van der Waals surface area (Å²) in [6.07, 6.45) is 5.15. The predicted molar refractivity (Wildman–Crippen MR) is 86.3 cm³/mol. The second-order valence-electron chi connectivity index (χ2n) is 5.38. The van der Waals surface area contributed by atoms with E-state index in [-0.39, 0.29) is 11.1 Å². The number of imidazole rings is 1. The molecule has 0 aliphatic carbocycles. The standard InChI is InChI=1S/C16H17N5O2/c1-11-3-4-13-12(9-11)15(22)14(19-20(13)2)16(23)18-6-8-21-7-5-17-10-21/h3-5,7,9-10H,6,8H2,1-2H3,(H,18,23). The van der Waals surface area contributed by atoms with Crippen molar-refractivity contribution in [1.82, 2.24) is 24.6 Å². The minimum absolute atomic E-state index is 0.0868. The number of hydrogen-bond acceptors (Lipinski definition) is 4. The number of nitrogens with one attached hydrogen (secondary N) is 1. The molecule has 0 unspecified atom stereocenters. The summed E-state index contributed by atoms with van der Waals surface area (Å²) in [5.74, 6) is -0.464. The fourth-order valence-electron chi connectivity index (χ4n) is 2.44. The topological polar surface area (TPSA) is 81.8 Å². The molecule has 1 N–H and O–H groups in total. The third kappa shape index (κ3) is 2.98. The first-order chi connectivity index (χ1) is 11.1. The molecule has 0 saturated heterocycles. The van der Waals surface area contributed by atoms with E-state index in [4.69, 9.17) is 0 Å². The maximum Gasteiger partial charge on any atom is 0.275 e. The van der Waals surface area contributed by atoms with Crippen molar-refractivity contribution in [3.8, 4) is 0 Å². The van der Waals surface area contributed by atoms with Gasteiger partial charge in [0.25, 0.3) is 5.91 Å². The van der Waals surface area contributed by atoms with E-state index in [1.165, 1.54) is 0 Å². The van der Waals surface area contributed by atoms with Crippen LogP contribution in [0.3, 0.4) is 0 Å². The number of rotatable bonds is 4. The lowest BCUT2D eigenvalue weighted by atomic mass is 10.1. The molecule has 0 aliphatic rings. The minimum atomic E-state index is -0.464. The third-order valence-electron chi connectivity index (χ3n) is 3.64. The molecule has 0 fully saturated rings. The van der Waals surface area contributed by atoms with E-state index in [9.17, 15) is 9.59 Å². The summed E-state index contributed by atoms with van der Waals surface area (Å²) in [7, 11) is 1.72. The van der Waals surface area contributed by atoms with Crippen molar-refractivity contribution in [2.75, 3.05) is 6.54 Å². The molecule has 1 amide bonds. The number of nitrogens with zero attached hydrogens (tertiary/aromatic N) is 4. The molecule has 7 heteroatoms. The van der Waals surface area contributed by atoms with E-state index in [2.05, 4.69) is 15.4 Å². The average Bonchev–Trinajstić information content (AvgIpc) is 3.04. The van der Waals surface area contributed by atoms with Gasteiger partial charge in [-0.1, -0.05) is 11.6 Å². The van der Waals surface area contributed by atoms with Gasteiger partial charge in [0.1, 0.15) is 0 Å². The lowest BCUT2D eigenvalue weighted by Gasteiger charge is -2.09. The molecule has 0 saturated carbocycles. The second-order valence-corrected chi connectivity index (χ2v) is 5.38. The zero-order valence-electron chi connectivity index (χ0n) is 13.0. The fourth-order valence-corrected chi connectivity index (χ4v) is 2.44. The molecule has 3 rings (SSSR count). The molecule has 0 aliphatic heterocycles. The summed E-state index contributed by atoms with van der Waals surface area (Å²) in [5.41, 5.74) is 1.24. The zero-order valence-corrected chi connectivity index (χ0v) is 13.0. The highest BCUT2D eigenvalue weighted by atomic mass is 16.2. The van der Waals surface area contributed by atoms with Gasteiger partial charge in [0.05, 0.1) is 17.2 Å². The monoisotopic (exact) mass is 311 g/mol. The van der Waals surface area contributed by atoms with Crippen LogP contribution in [0.2, 0.25) is 0 Å². The highest BCUT2D eigenvalue weighted by molar-refractivity contribution is 5.95. The van der Waals surface area contributed by atoms with Crippen LogP contribution < -0.4 is 10.7 Å². The van der Waals surface area contributed by atoms with Crippen molar-refractivity contribution in [3.63, 3.8) is 0 Å². The van der Waals surface area contributed by atoms with Gasteiger partial charge in [0, 0.05) is 32.5 Å². The predicted octanol–water partition coefficient (Wildman–Crippen LogP) is 0.868. The molecule has 1 aromatic carbocycles. The zero-order chi connectivity index (χ0) is 16.4. The fraction of sp³-hybridized carbons (Fsp3) is 0.250. The highest BCUT2D eigenvalue weighted by Gasteiger charge is 2.16. The Labute approximate surface area is 132 Å². The third-order valence-corrected chi connectivity index (χ3v) is 3.64. The average molecular weight is 311 g/mol. The van der Waals surface area contributed by atoms with Crippen LogP contribution in [0.25, 0.3) is 10.9 Å². The second kappa shape index (κ2) is 6.04. The Bertz CT molecular complexity index is 912. The van der Waals surface area contributed by atoms with Crippen LogP contribution in [-0.2, 0) is 13.6 Å². The molecule has 0 atom stereocenters. The molecule has 2 aromatic heterocycles. The quantitative estimate of drug-likeness (QED) is 0.775. The molecular formula is C16H17N5O2. The first-order valence-corrected chi connectivity index (χ1v) is 7.28. The number of amides is 1. The molecule has 2 heterocycles. The van der Waals surface area contributed by atoms with Gasteiger partial charge in [0.2, 0.25) is 5.43 Å². The Morgan fingerprint density at radius 3 is 2.91 bits per heavy atom. The van der Waals surface area contributed by atoms with Gasteiger partial charge in [-0.15, -0.1) is 0 Å². The van der Waals surface area contributed by atoms with Crippen molar-refractivity contribution in [2.45, 2.75) is 13.5 Å². The number of aromatic nitrogens is 4. The van der Waals surface area contributed by atoms with Crippen LogP contribution in [0.1, 0.15) is 16.1 Å². The van der Waals surface area contributed by atoms with Crippen molar-refractivity contribution >= 4 is 16.8 Å². The lowest BCUT2D eigenvalue weighted by Crippen LogP contribution is -2.33. The van der Waals surface area contributed by atoms with Gasteiger partial charge in [0.15, 0.2) is 5.69 Å². The summed E-state index contributed by atoms with van der Waals surface area (Å²) in [6.45, 7) is 2.88. The van der Waals surface area contributed by atoms with E-state index in [1.54, 1.807) is 30.3 Å². The van der Waals surface area contributed by atoms with Gasteiger partial charge < -0.3 is 9.88 Å². The molecular weight excluding hydrogens is 294 g/mol. The summed E-state index contributed by atoms with van der Waals surface area (Å²) in [6, 6.07) is 5.52. The lowest BCUT2D eigenvalue weighted by molar-refractivity contribution is 0.0944. The van der Waals surface area contributed by atoms with Crippen LogP contribution >= 0.6 is 0 Å². The Balaban J connectivity index is 1.85. The number of hydrogen-bond donors (Lipinski definition) is 1. The summed E-state index contributed by atoms with van der Waals surface area (Å²) in [5, 5.41) is 7.34. The molecule has 0 bridgehead atoms. The van der Waals surface area contributed by atoms with Crippen LogP contribution in [0.15, 0.2) is 41.7 Å². The van der Waals surface area contributed by atoms with E-state index in [0.717, 1.165) is 5.56 Å². The SMILES string of the molecule is Cc1ccc2c(c1)c(=O)c(C(=O)NCCn1ccnc1)nn2C. The largest absolute Gasteiger partial charge is 0.349 e. The van der Waals surface area contributed by atoms with Crippen molar-refractivity contribution in [2.24, 2.45) is 7.05 Å². The first kappa shape index (κ1) is 15.0. The molecule has 118 valence electrons. The van der Waals surface area contributed by atoms with Crippen LogP contribution in [0.5, 0.6) is 0 Å². The van der Waals surface area contributed by atoms with E-state index in [1.807, 2.05) is 29.8 Å². The van der Waals surface area contributed by atoms with Crippen LogP contribution in [-0.4, -0.2) is 31.8 Å². The Kier molecular flexibility index (Phi) is 3.92. The molecule has 23 heavy (non-hydrogen) atoms. The highest BCUT2D eigenvalue weighted by Crippen LogP contribution is 2.11. The van der Waals surface area contributed by atoms with Crippen molar-refractivity contribution in [3.05, 3.63) is 58.4 Å². The molecule has 0 radical (unpaired) electrons. The Morgan fingerprint density at radius 1 is 1.35 bits per heavy atom. The van der Waals surface area contributed by atoms with Gasteiger partial charge in [-0.05, 0) is 19.1 Å². The van der Waals surface area contributed by atoms with Gasteiger partial charge in [-0.3, -0.25) is 14.3 Å². The van der Waals surface area contributed by atoms with Crippen molar-refractivity contribution < 1.29 is 4.79 Å². The van der Waals surface area contributed by atoms with Gasteiger partial charge >= 0.3 is 0 Å². The number of carbonyl (C=O) groups is 1. The van der Waals surface area contributed by atoms with E-state index in [0.29, 0.717) is 24.0 Å². The van der Waals surface area contributed by atoms with Crippen molar-refractivity contribution in [1.29, 1.82) is 0 Å². The number of aryl methyl sites for hydroxylation is 2. The first-order valence-electron chi connectivity index (χ1n) is 7.28. The van der Waals surface area contributed by atoms with Gasteiger partial charge in [-0.2, -0.15) is 5.10 Å².